The van der Waals surface area contributed by atoms with Gasteiger partial charge in [0.2, 0.25) is 5.91 Å². The fourth-order valence-corrected chi connectivity index (χ4v) is 3.57. The van der Waals surface area contributed by atoms with E-state index in [0.29, 0.717) is 18.4 Å². The Labute approximate surface area is 126 Å². The first-order valence-corrected chi connectivity index (χ1v) is 8.31. The van der Waals surface area contributed by atoms with E-state index in [2.05, 4.69) is 26.9 Å². The predicted molar refractivity (Wildman–Crippen MR) is 83.4 cm³/mol. The lowest BCUT2D eigenvalue weighted by molar-refractivity contribution is -0.117. The van der Waals surface area contributed by atoms with Crippen LogP contribution in [0.2, 0.25) is 0 Å². The van der Waals surface area contributed by atoms with E-state index in [9.17, 15) is 4.79 Å². The fourth-order valence-electron chi connectivity index (χ4n) is 3.57. The van der Waals surface area contributed by atoms with Gasteiger partial charge < -0.3 is 5.32 Å². The molecule has 116 valence electrons. The van der Waals surface area contributed by atoms with Crippen LogP contribution in [0.5, 0.6) is 0 Å². The first-order chi connectivity index (χ1) is 10.2. The van der Waals surface area contributed by atoms with Crippen LogP contribution >= 0.6 is 0 Å². The second-order valence-corrected chi connectivity index (χ2v) is 6.44. The molecule has 2 fully saturated rings. The number of anilines is 1. The third-order valence-electron chi connectivity index (χ3n) is 4.68. The third-order valence-corrected chi connectivity index (χ3v) is 4.68. The number of nitrogens with zero attached hydrogens (tertiary/aromatic N) is 3. The second kappa shape index (κ2) is 6.60. The summed E-state index contributed by atoms with van der Waals surface area (Å²) in [7, 11) is 0. The smallest absolute Gasteiger partial charge is 0.239 e. The van der Waals surface area contributed by atoms with Crippen LogP contribution in [0.25, 0.3) is 0 Å². The summed E-state index contributed by atoms with van der Waals surface area (Å²) in [5.41, 5.74) is 1.15. The van der Waals surface area contributed by atoms with Gasteiger partial charge in [-0.1, -0.05) is 19.3 Å². The van der Waals surface area contributed by atoms with Gasteiger partial charge in [0.25, 0.3) is 0 Å². The number of aromatic nitrogens is 2. The molecule has 0 spiro atoms. The van der Waals surface area contributed by atoms with Gasteiger partial charge in [-0.05, 0) is 45.7 Å². The molecule has 2 heterocycles. The summed E-state index contributed by atoms with van der Waals surface area (Å²) in [4.78, 5) is 14.3. The van der Waals surface area contributed by atoms with Gasteiger partial charge in [-0.2, -0.15) is 5.10 Å². The Kier molecular flexibility index (Phi) is 4.58. The molecule has 1 aromatic rings. The molecule has 5 nitrogen and oxygen atoms in total. The number of aryl methyl sites for hydroxylation is 1. The van der Waals surface area contributed by atoms with Gasteiger partial charge in [0, 0.05) is 11.8 Å². The molecule has 1 saturated heterocycles. The summed E-state index contributed by atoms with van der Waals surface area (Å²) in [6.45, 7) is 4.67. The highest BCUT2D eigenvalue weighted by atomic mass is 16.2. The molecule has 1 saturated carbocycles. The Morgan fingerprint density at radius 1 is 1.24 bits per heavy atom. The van der Waals surface area contributed by atoms with Crippen molar-refractivity contribution in [3.63, 3.8) is 0 Å². The number of carbonyl (C=O) groups is 1. The molecule has 0 radical (unpaired) electrons. The Bertz CT molecular complexity index is 484. The van der Waals surface area contributed by atoms with Crippen molar-refractivity contribution in [3.05, 3.63) is 11.8 Å². The van der Waals surface area contributed by atoms with Crippen LogP contribution in [0, 0.1) is 6.92 Å². The average molecular weight is 290 g/mol. The molecule has 0 atom stereocenters. The Balaban J connectivity index is 1.59. The van der Waals surface area contributed by atoms with Crippen molar-refractivity contribution in [1.29, 1.82) is 0 Å². The molecular weight excluding hydrogens is 264 g/mol. The fraction of sp³-hybridized carbons (Fsp3) is 0.750. The van der Waals surface area contributed by atoms with Crippen molar-refractivity contribution >= 4 is 11.7 Å². The zero-order valence-electron chi connectivity index (χ0n) is 13.0. The Morgan fingerprint density at radius 2 is 1.95 bits per heavy atom. The lowest BCUT2D eigenvalue weighted by Crippen LogP contribution is -2.31. The molecule has 1 amide bonds. The van der Waals surface area contributed by atoms with Crippen molar-refractivity contribution in [2.24, 2.45) is 0 Å². The van der Waals surface area contributed by atoms with Gasteiger partial charge >= 0.3 is 0 Å². The van der Waals surface area contributed by atoms with Gasteiger partial charge in [-0.3, -0.25) is 14.4 Å². The van der Waals surface area contributed by atoms with Crippen LogP contribution in [-0.2, 0) is 4.79 Å². The summed E-state index contributed by atoms with van der Waals surface area (Å²) in [6, 6.07) is 2.51. The van der Waals surface area contributed by atoms with Crippen molar-refractivity contribution < 1.29 is 4.79 Å². The van der Waals surface area contributed by atoms with Gasteiger partial charge in [0.15, 0.2) is 5.82 Å². The molecule has 1 aromatic heterocycles. The lowest BCUT2D eigenvalue weighted by Gasteiger charge is -2.23. The normalized spacial score (nSPS) is 20.8. The average Bonchev–Trinajstić information content (AvgIpc) is 3.09. The van der Waals surface area contributed by atoms with Crippen LogP contribution in [-0.4, -0.2) is 40.2 Å². The molecular formula is C16H26N4O. The number of hydrogen-bond donors (Lipinski definition) is 1. The molecule has 5 heteroatoms. The standard InChI is InChI=1S/C16H26N4O/c1-13-11-15(17-16(21)12-19-9-5-6-10-19)18-20(13)14-7-3-2-4-8-14/h11,14H,2-10,12H2,1H3,(H,17,18,21). The first kappa shape index (κ1) is 14.6. The van der Waals surface area contributed by atoms with Gasteiger partial charge in [0.05, 0.1) is 12.6 Å². The largest absolute Gasteiger partial charge is 0.308 e. The van der Waals surface area contributed by atoms with E-state index in [1.54, 1.807) is 0 Å². The van der Waals surface area contributed by atoms with Gasteiger partial charge in [-0.15, -0.1) is 0 Å². The van der Waals surface area contributed by atoms with E-state index in [1.807, 2.05) is 6.07 Å². The minimum Gasteiger partial charge on any atom is -0.308 e. The molecule has 1 N–H and O–H groups in total. The zero-order chi connectivity index (χ0) is 14.7. The summed E-state index contributed by atoms with van der Waals surface area (Å²) >= 11 is 0. The predicted octanol–water partition coefficient (Wildman–Crippen LogP) is 2.73. The van der Waals surface area contributed by atoms with Crippen LogP contribution in [0.1, 0.15) is 56.7 Å². The summed E-state index contributed by atoms with van der Waals surface area (Å²) in [5.74, 6) is 0.771. The van der Waals surface area contributed by atoms with Gasteiger partial charge in [0.1, 0.15) is 0 Å². The van der Waals surface area contributed by atoms with Crippen LogP contribution in [0.4, 0.5) is 5.82 Å². The van der Waals surface area contributed by atoms with E-state index in [1.165, 1.54) is 44.9 Å². The van der Waals surface area contributed by atoms with Crippen molar-refractivity contribution in [2.45, 2.75) is 57.9 Å². The topological polar surface area (TPSA) is 50.2 Å². The van der Waals surface area contributed by atoms with E-state index >= 15 is 0 Å². The van der Waals surface area contributed by atoms with Crippen LogP contribution < -0.4 is 5.32 Å². The summed E-state index contributed by atoms with van der Waals surface area (Å²) < 4.78 is 2.12. The Morgan fingerprint density at radius 3 is 2.67 bits per heavy atom. The number of amides is 1. The highest BCUT2D eigenvalue weighted by molar-refractivity contribution is 5.91. The zero-order valence-corrected chi connectivity index (χ0v) is 13.0. The first-order valence-electron chi connectivity index (χ1n) is 8.31. The molecule has 1 aliphatic heterocycles. The molecule has 0 aromatic carbocycles. The summed E-state index contributed by atoms with van der Waals surface area (Å²) in [5, 5.41) is 7.57. The minimum atomic E-state index is 0.0604. The molecule has 0 bridgehead atoms. The maximum Gasteiger partial charge on any atom is 0.239 e. The highest BCUT2D eigenvalue weighted by Crippen LogP contribution is 2.29. The lowest BCUT2D eigenvalue weighted by atomic mass is 9.95. The van der Waals surface area contributed by atoms with Crippen molar-refractivity contribution in [3.8, 4) is 0 Å². The minimum absolute atomic E-state index is 0.0604. The molecule has 2 aliphatic rings. The van der Waals surface area contributed by atoms with Crippen LogP contribution in [0.15, 0.2) is 6.07 Å². The van der Waals surface area contributed by atoms with Crippen molar-refractivity contribution in [2.75, 3.05) is 25.0 Å². The number of rotatable bonds is 4. The number of likely N-dealkylation sites (tertiary alicyclic amines) is 1. The summed E-state index contributed by atoms with van der Waals surface area (Å²) in [6.07, 6.45) is 8.77. The monoisotopic (exact) mass is 290 g/mol. The third kappa shape index (κ3) is 3.64. The van der Waals surface area contributed by atoms with E-state index in [-0.39, 0.29) is 5.91 Å². The van der Waals surface area contributed by atoms with E-state index < -0.39 is 0 Å². The van der Waals surface area contributed by atoms with E-state index in [0.717, 1.165) is 18.8 Å². The maximum absolute atomic E-state index is 12.1. The number of carbonyl (C=O) groups excluding carboxylic acids is 1. The second-order valence-electron chi connectivity index (χ2n) is 6.44. The quantitative estimate of drug-likeness (QED) is 0.927. The SMILES string of the molecule is Cc1cc(NC(=O)CN2CCCC2)nn1C1CCCCC1. The maximum atomic E-state index is 12.1. The van der Waals surface area contributed by atoms with Gasteiger partial charge in [-0.25, -0.2) is 0 Å². The Hall–Kier alpha value is -1.36. The highest BCUT2D eigenvalue weighted by Gasteiger charge is 2.20. The molecule has 0 unspecified atom stereocenters. The van der Waals surface area contributed by atoms with Crippen LogP contribution in [0.3, 0.4) is 0 Å². The molecule has 21 heavy (non-hydrogen) atoms. The van der Waals surface area contributed by atoms with E-state index in [4.69, 9.17) is 0 Å². The number of hydrogen-bond acceptors (Lipinski definition) is 3. The molecule has 3 rings (SSSR count). The molecule has 1 aliphatic carbocycles. The number of nitrogens with one attached hydrogen (secondary N) is 1. The van der Waals surface area contributed by atoms with Crippen molar-refractivity contribution in [1.82, 2.24) is 14.7 Å².